The predicted octanol–water partition coefficient (Wildman–Crippen LogP) is 5.23. The van der Waals surface area contributed by atoms with E-state index in [2.05, 4.69) is 0 Å². The summed E-state index contributed by atoms with van der Waals surface area (Å²) in [7, 11) is 0. The summed E-state index contributed by atoms with van der Waals surface area (Å²) in [5.41, 5.74) is 1.18. The molecular weight excluding hydrogens is 422 g/mol. The van der Waals surface area contributed by atoms with E-state index >= 15 is 0 Å². The smallest absolute Gasteiger partial charge is 0.418 e. The lowest BCUT2D eigenvalue weighted by Crippen LogP contribution is -2.30. The van der Waals surface area contributed by atoms with Gasteiger partial charge in [0.1, 0.15) is 12.4 Å². The Kier molecular flexibility index (Phi) is 8.14. The summed E-state index contributed by atoms with van der Waals surface area (Å²) in [5, 5.41) is 18.8. The summed E-state index contributed by atoms with van der Waals surface area (Å²) in [6.45, 7) is 0.489. The van der Waals surface area contributed by atoms with Gasteiger partial charge < -0.3 is 19.7 Å². The average molecular weight is 448 g/mol. The van der Waals surface area contributed by atoms with E-state index in [1.54, 1.807) is 36.4 Å². The van der Waals surface area contributed by atoms with Gasteiger partial charge >= 0.3 is 12.1 Å². The van der Waals surface area contributed by atoms with Gasteiger partial charge in [-0.25, -0.2) is 14.5 Å². The SMILES string of the molecule is O=C(O)COC[C@H]1CC[C@H](COC(=O)N(c2ccc(O)cc2)c2ccc(Cl)cc2)CC1. The highest BCUT2D eigenvalue weighted by molar-refractivity contribution is 6.30. The predicted molar refractivity (Wildman–Crippen MR) is 117 cm³/mol. The minimum absolute atomic E-state index is 0.109. The number of phenolic OH excluding ortho intramolecular Hbond substituents is 1. The van der Waals surface area contributed by atoms with Crippen LogP contribution in [-0.2, 0) is 14.3 Å². The third kappa shape index (κ3) is 6.87. The van der Waals surface area contributed by atoms with E-state index in [1.165, 1.54) is 17.0 Å². The number of carboxylic acid groups (broad SMARTS) is 1. The van der Waals surface area contributed by atoms with E-state index in [-0.39, 0.29) is 18.3 Å². The van der Waals surface area contributed by atoms with Crippen LogP contribution >= 0.6 is 11.6 Å². The number of aromatic hydroxyl groups is 1. The van der Waals surface area contributed by atoms with Gasteiger partial charge in [-0.3, -0.25) is 0 Å². The molecule has 8 heteroatoms. The number of benzene rings is 2. The van der Waals surface area contributed by atoms with Crippen LogP contribution in [0.15, 0.2) is 48.5 Å². The molecule has 1 saturated carbocycles. The Morgan fingerprint density at radius 3 is 1.97 bits per heavy atom. The van der Waals surface area contributed by atoms with E-state index in [1.807, 2.05) is 0 Å². The van der Waals surface area contributed by atoms with Crippen LogP contribution in [0.4, 0.5) is 16.2 Å². The van der Waals surface area contributed by atoms with Gasteiger partial charge in [-0.2, -0.15) is 0 Å². The van der Waals surface area contributed by atoms with Gasteiger partial charge in [0.25, 0.3) is 0 Å². The fourth-order valence-electron chi connectivity index (χ4n) is 3.68. The van der Waals surface area contributed by atoms with E-state index in [0.29, 0.717) is 35.5 Å². The minimum atomic E-state index is -0.959. The monoisotopic (exact) mass is 447 g/mol. The second-order valence-corrected chi connectivity index (χ2v) is 8.14. The number of ether oxygens (including phenoxy) is 2. The number of carbonyl (C=O) groups excluding carboxylic acids is 1. The minimum Gasteiger partial charge on any atom is -0.508 e. The zero-order valence-corrected chi connectivity index (χ0v) is 17.8. The summed E-state index contributed by atoms with van der Waals surface area (Å²) >= 11 is 5.98. The number of nitrogens with zero attached hydrogens (tertiary/aromatic N) is 1. The molecule has 2 aromatic rings. The molecular formula is C23H26ClNO6. The van der Waals surface area contributed by atoms with Gasteiger partial charge in [-0.15, -0.1) is 0 Å². The van der Waals surface area contributed by atoms with Crippen molar-refractivity contribution in [2.75, 3.05) is 24.7 Å². The molecule has 2 N–H and O–H groups in total. The fourth-order valence-corrected chi connectivity index (χ4v) is 3.81. The summed E-state index contributed by atoms with van der Waals surface area (Å²) in [5.74, 6) is -0.253. The quantitative estimate of drug-likeness (QED) is 0.575. The number of rotatable bonds is 8. The van der Waals surface area contributed by atoms with Crippen LogP contribution in [0.2, 0.25) is 5.02 Å². The highest BCUT2D eigenvalue weighted by Crippen LogP contribution is 2.31. The first-order valence-electron chi connectivity index (χ1n) is 10.2. The molecule has 0 heterocycles. The van der Waals surface area contributed by atoms with Crippen molar-refractivity contribution in [1.82, 2.24) is 0 Å². The molecule has 166 valence electrons. The van der Waals surface area contributed by atoms with Crippen LogP contribution in [0.3, 0.4) is 0 Å². The molecule has 1 aliphatic rings. The molecule has 1 fully saturated rings. The van der Waals surface area contributed by atoms with Crippen LogP contribution in [0.5, 0.6) is 5.75 Å². The third-order valence-electron chi connectivity index (χ3n) is 5.36. The number of halogens is 1. The van der Waals surface area contributed by atoms with E-state index < -0.39 is 12.1 Å². The van der Waals surface area contributed by atoms with Crippen LogP contribution in [0, 0.1) is 11.8 Å². The molecule has 0 bridgehead atoms. The van der Waals surface area contributed by atoms with Gasteiger partial charge in [-0.05, 0) is 86.1 Å². The van der Waals surface area contributed by atoms with E-state index in [9.17, 15) is 14.7 Å². The molecule has 1 aliphatic carbocycles. The number of hydrogen-bond acceptors (Lipinski definition) is 5. The maximum atomic E-state index is 13.0. The Balaban J connectivity index is 1.57. The molecule has 0 saturated heterocycles. The lowest BCUT2D eigenvalue weighted by Gasteiger charge is -2.29. The summed E-state index contributed by atoms with van der Waals surface area (Å²) in [6, 6.07) is 13.2. The number of anilines is 2. The molecule has 2 aromatic carbocycles. The normalized spacial score (nSPS) is 18.4. The van der Waals surface area contributed by atoms with Crippen LogP contribution in [-0.4, -0.2) is 42.1 Å². The van der Waals surface area contributed by atoms with E-state index in [4.69, 9.17) is 26.2 Å². The van der Waals surface area contributed by atoms with Crippen molar-refractivity contribution in [3.63, 3.8) is 0 Å². The topological polar surface area (TPSA) is 96.3 Å². The molecule has 0 spiro atoms. The lowest BCUT2D eigenvalue weighted by atomic mass is 9.83. The second-order valence-electron chi connectivity index (χ2n) is 7.70. The average Bonchev–Trinajstić information content (AvgIpc) is 2.76. The molecule has 0 aromatic heterocycles. The molecule has 0 radical (unpaired) electrons. The Hall–Kier alpha value is -2.77. The number of aliphatic carboxylic acids is 1. The molecule has 1 amide bonds. The van der Waals surface area contributed by atoms with Gasteiger partial charge in [-0.1, -0.05) is 11.6 Å². The van der Waals surface area contributed by atoms with Crippen molar-refractivity contribution in [3.05, 3.63) is 53.6 Å². The van der Waals surface area contributed by atoms with Crippen LogP contribution in [0.25, 0.3) is 0 Å². The van der Waals surface area contributed by atoms with Gasteiger partial charge in [0.05, 0.1) is 24.6 Å². The number of phenols is 1. The van der Waals surface area contributed by atoms with Crippen molar-refractivity contribution in [3.8, 4) is 5.75 Å². The Bertz CT molecular complexity index is 817. The van der Waals surface area contributed by atoms with Crippen molar-refractivity contribution >= 4 is 35.0 Å². The number of carboxylic acids is 1. The van der Waals surface area contributed by atoms with Crippen molar-refractivity contribution in [2.45, 2.75) is 25.7 Å². The zero-order valence-electron chi connectivity index (χ0n) is 17.1. The first kappa shape index (κ1) is 22.9. The Labute approximate surface area is 186 Å². The zero-order chi connectivity index (χ0) is 22.2. The maximum absolute atomic E-state index is 13.0. The second kappa shape index (κ2) is 11.0. The number of amides is 1. The van der Waals surface area contributed by atoms with Gasteiger partial charge in [0.15, 0.2) is 0 Å². The first-order chi connectivity index (χ1) is 14.9. The Morgan fingerprint density at radius 2 is 1.42 bits per heavy atom. The largest absolute Gasteiger partial charge is 0.508 e. The standard InChI is InChI=1S/C23H26ClNO6/c24-18-5-7-19(8-6-18)25(20-9-11-21(26)12-10-20)23(29)31-14-17-3-1-16(2-4-17)13-30-15-22(27)28/h5-12,16-17,26H,1-4,13-15H2,(H,27,28)/t16-,17-. The highest BCUT2D eigenvalue weighted by atomic mass is 35.5. The van der Waals surface area contributed by atoms with Gasteiger partial charge in [0, 0.05) is 5.02 Å². The van der Waals surface area contributed by atoms with Crippen molar-refractivity contribution < 1.29 is 29.3 Å². The molecule has 31 heavy (non-hydrogen) atoms. The number of hydrogen-bond donors (Lipinski definition) is 2. The van der Waals surface area contributed by atoms with Crippen LogP contribution in [0.1, 0.15) is 25.7 Å². The third-order valence-corrected chi connectivity index (χ3v) is 5.62. The van der Waals surface area contributed by atoms with Crippen LogP contribution < -0.4 is 4.90 Å². The molecule has 7 nitrogen and oxygen atoms in total. The number of carbonyl (C=O) groups is 2. The first-order valence-corrected chi connectivity index (χ1v) is 10.6. The lowest BCUT2D eigenvalue weighted by molar-refractivity contribution is -0.142. The Morgan fingerprint density at radius 1 is 0.903 bits per heavy atom. The van der Waals surface area contributed by atoms with Crippen molar-refractivity contribution in [1.29, 1.82) is 0 Å². The molecule has 0 unspecified atom stereocenters. The molecule has 3 rings (SSSR count). The molecule has 0 aliphatic heterocycles. The maximum Gasteiger partial charge on any atom is 0.418 e. The van der Waals surface area contributed by atoms with E-state index in [0.717, 1.165) is 25.7 Å². The van der Waals surface area contributed by atoms with Gasteiger partial charge in [0.2, 0.25) is 0 Å². The highest BCUT2D eigenvalue weighted by Gasteiger charge is 2.25. The summed E-state index contributed by atoms with van der Waals surface area (Å²) in [6.07, 6.45) is 3.13. The summed E-state index contributed by atoms with van der Waals surface area (Å²) in [4.78, 5) is 24.9. The fraction of sp³-hybridized carbons (Fsp3) is 0.391. The molecule has 0 atom stereocenters. The van der Waals surface area contributed by atoms with Crippen molar-refractivity contribution in [2.24, 2.45) is 11.8 Å². The summed E-state index contributed by atoms with van der Waals surface area (Å²) < 4.78 is 10.8.